The van der Waals surface area contributed by atoms with Crippen LogP contribution in [0.2, 0.25) is 0 Å². The molecule has 116 valence electrons. The number of nitrogens with one attached hydrogen (secondary N) is 1. The molecule has 1 aromatic heterocycles. The lowest BCUT2D eigenvalue weighted by molar-refractivity contribution is 0.0950. The highest BCUT2D eigenvalue weighted by Crippen LogP contribution is 2.11. The Morgan fingerprint density at radius 3 is 2.82 bits per heavy atom. The standard InChI is InChI=1S/C16H17FN2O3/c1-2-22-15-6-4-12(9-18-15)16(21)19-8-11-3-5-14(17)13(7-11)10-20/h3-7,9,20H,2,8,10H2,1H3,(H,19,21). The average molecular weight is 304 g/mol. The van der Waals surface area contributed by atoms with E-state index < -0.39 is 5.82 Å². The van der Waals surface area contributed by atoms with Crippen molar-refractivity contribution in [3.63, 3.8) is 0 Å². The molecule has 0 saturated carbocycles. The zero-order valence-corrected chi connectivity index (χ0v) is 12.2. The van der Waals surface area contributed by atoms with Gasteiger partial charge < -0.3 is 15.2 Å². The molecule has 0 aliphatic carbocycles. The van der Waals surface area contributed by atoms with E-state index in [2.05, 4.69) is 10.3 Å². The number of nitrogens with zero attached hydrogens (tertiary/aromatic N) is 1. The first-order valence-corrected chi connectivity index (χ1v) is 6.89. The van der Waals surface area contributed by atoms with Gasteiger partial charge in [0.2, 0.25) is 5.88 Å². The number of pyridine rings is 1. The molecule has 0 radical (unpaired) electrons. The van der Waals surface area contributed by atoms with Gasteiger partial charge >= 0.3 is 0 Å². The molecule has 0 unspecified atom stereocenters. The molecule has 1 amide bonds. The number of rotatable bonds is 6. The van der Waals surface area contributed by atoms with Crippen LogP contribution < -0.4 is 10.1 Å². The summed E-state index contributed by atoms with van der Waals surface area (Å²) < 4.78 is 18.5. The van der Waals surface area contributed by atoms with Crippen molar-refractivity contribution in [1.29, 1.82) is 0 Å². The Hall–Kier alpha value is -2.47. The van der Waals surface area contributed by atoms with E-state index in [-0.39, 0.29) is 24.6 Å². The lowest BCUT2D eigenvalue weighted by atomic mass is 10.1. The van der Waals surface area contributed by atoms with Crippen LogP contribution in [0.1, 0.15) is 28.4 Å². The number of carbonyl (C=O) groups is 1. The van der Waals surface area contributed by atoms with Gasteiger partial charge in [-0.25, -0.2) is 9.37 Å². The zero-order valence-electron chi connectivity index (χ0n) is 12.2. The van der Waals surface area contributed by atoms with Crippen molar-refractivity contribution in [3.05, 3.63) is 59.0 Å². The Morgan fingerprint density at radius 1 is 1.36 bits per heavy atom. The van der Waals surface area contributed by atoms with Crippen LogP contribution in [0.25, 0.3) is 0 Å². The molecule has 0 aliphatic heterocycles. The monoisotopic (exact) mass is 304 g/mol. The van der Waals surface area contributed by atoms with Crippen LogP contribution in [0.5, 0.6) is 5.88 Å². The van der Waals surface area contributed by atoms with Gasteiger partial charge in [0.1, 0.15) is 5.82 Å². The number of hydrogen-bond donors (Lipinski definition) is 2. The number of carbonyl (C=O) groups excluding carboxylic acids is 1. The van der Waals surface area contributed by atoms with Crippen LogP contribution in [-0.4, -0.2) is 22.6 Å². The highest BCUT2D eigenvalue weighted by Gasteiger charge is 2.08. The molecule has 5 nitrogen and oxygen atoms in total. The number of benzene rings is 1. The quantitative estimate of drug-likeness (QED) is 0.857. The van der Waals surface area contributed by atoms with Gasteiger partial charge in [-0.15, -0.1) is 0 Å². The van der Waals surface area contributed by atoms with E-state index in [9.17, 15) is 9.18 Å². The SMILES string of the molecule is CCOc1ccc(C(=O)NCc2ccc(F)c(CO)c2)cn1. The van der Waals surface area contributed by atoms with Gasteiger partial charge in [0.05, 0.1) is 18.8 Å². The molecule has 0 bridgehead atoms. The van der Waals surface area contributed by atoms with Crippen molar-refractivity contribution < 1.29 is 19.0 Å². The molecule has 2 N–H and O–H groups in total. The number of aromatic nitrogens is 1. The summed E-state index contributed by atoms with van der Waals surface area (Å²) in [7, 11) is 0. The summed E-state index contributed by atoms with van der Waals surface area (Å²) in [5.41, 5.74) is 1.32. The maximum Gasteiger partial charge on any atom is 0.253 e. The van der Waals surface area contributed by atoms with Gasteiger partial charge in [-0.05, 0) is 30.7 Å². The van der Waals surface area contributed by atoms with Crippen LogP contribution in [0.3, 0.4) is 0 Å². The van der Waals surface area contributed by atoms with E-state index in [1.165, 1.54) is 18.3 Å². The van der Waals surface area contributed by atoms with E-state index in [1.54, 1.807) is 18.2 Å². The lowest BCUT2D eigenvalue weighted by Crippen LogP contribution is -2.23. The summed E-state index contributed by atoms with van der Waals surface area (Å²) >= 11 is 0. The lowest BCUT2D eigenvalue weighted by Gasteiger charge is -2.08. The number of aliphatic hydroxyl groups is 1. The molecule has 2 aromatic rings. The summed E-state index contributed by atoms with van der Waals surface area (Å²) in [5.74, 6) is -0.288. The van der Waals surface area contributed by atoms with Gasteiger partial charge in [0.25, 0.3) is 5.91 Å². The van der Waals surface area contributed by atoms with Crippen molar-refractivity contribution in [2.75, 3.05) is 6.61 Å². The van der Waals surface area contributed by atoms with Gasteiger partial charge in [0.15, 0.2) is 0 Å². The molecule has 0 fully saturated rings. The molecule has 0 saturated heterocycles. The van der Waals surface area contributed by atoms with Crippen molar-refractivity contribution in [1.82, 2.24) is 10.3 Å². The Labute approximate surface area is 127 Å². The molecule has 1 aromatic carbocycles. The smallest absolute Gasteiger partial charge is 0.253 e. The summed E-state index contributed by atoms with van der Waals surface area (Å²) in [5, 5.41) is 11.7. The first kappa shape index (κ1) is 15.9. The minimum Gasteiger partial charge on any atom is -0.478 e. The highest BCUT2D eigenvalue weighted by molar-refractivity contribution is 5.93. The van der Waals surface area contributed by atoms with Crippen LogP contribution in [0, 0.1) is 5.82 Å². The number of halogens is 1. The van der Waals surface area contributed by atoms with Gasteiger partial charge in [-0.1, -0.05) is 6.07 Å². The second-order valence-electron chi connectivity index (χ2n) is 4.58. The van der Waals surface area contributed by atoms with Gasteiger partial charge in [-0.2, -0.15) is 0 Å². The molecule has 22 heavy (non-hydrogen) atoms. The molecule has 6 heteroatoms. The topological polar surface area (TPSA) is 71.5 Å². The fourth-order valence-corrected chi connectivity index (χ4v) is 1.89. The highest BCUT2D eigenvalue weighted by atomic mass is 19.1. The molecular weight excluding hydrogens is 287 g/mol. The predicted octanol–water partition coefficient (Wildman–Crippen LogP) is 2.04. The second kappa shape index (κ2) is 7.51. The fraction of sp³-hybridized carbons (Fsp3) is 0.250. The number of aliphatic hydroxyl groups excluding tert-OH is 1. The number of ether oxygens (including phenoxy) is 1. The number of amides is 1. The fourth-order valence-electron chi connectivity index (χ4n) is 1.89. The third-order valence-corrected chi connectivity index (χ3v) is 3.02. The van der Waals surface area contributed by atoms with Crippen molar-refractivity contribution >= 4 is 5.91 Å². The molecule has 0 spiro atoms. The summed E-state index contributed by atoms with van der Waals surface area (Å²) in [6.45, 7) is 2.22. The van der Waals surface area contributed by atoms with Crippen molar-refractivity contribution in [3.8, 4) is 5.88 Å². The third-order valence-electron chi connectivity index (χ3n) is 3.02. The van der Waals surface area contributed by atoms with Crippen molar-refractivity contribution in [2.24, 2.45) is 0 Å². The van der Waals surface area contributed by atoms with Gasteiger partial charge in [-0.3, -0.25) is 4.79 Å². The van der Waals surface area contributed by atoms with Crippen LogP contribution in [0.15, 0.2) is 36.5 Å². The Morgan fingerprint density at radius 2 is 2.18 bits per heavy atom. The zero-order chi connectivity index (χ0) is 15.9. The summed E-state index contributed by atoms with van der Waals surface area (Å²) in [4.78, 5) is 16.0. The first-order chi connectivity index (χ1) is 10.6. The Balaban J connectivity index is 1.97. The summed E-state index contributed by atoms with van der Waals surface area (Å²) in [6.07, 6.45) is 1.43. The van der Waals surface area contributed by atoms with E-state index >= 15 is 0 Å². The van der Waals surface area contributed by atoms with Crippen molar-refractivity contribution in [2.45, 2.75) is 20.1 Å². The van der Waals surface area contributed by atoms with E-state index in [0.29, 0.717) is 23.6 Å². The predicted molar refractivity (Wildman–Crippen MR) is 78.9 cm³/mol. The minimum absolute atomic E-state index is 0.203. The minimum atomic E-state index is -0.465. The molecule has 1 heterocycles. The first-order valence-electron chi connectivity index (χ1n) is 6.89. The van der Waals surface area contributed by atoms with E-state index in [4.69, 9.17) is 9.84 Å². The number of hydrogen-bond acceptors (Lipinski definition) is 4. The van der Waals surface area contributed by atoms with Gasteiger partial charge in [0, 0.05) is 24.4 Å². The maximum atomic E-state index is 13.3. The molecule has 0 aliphatic rings. The molecule has 2 rings (SSSR count). The average Bonchev–Trinajstić information content (AvgIpc) is 2.55. The van der Waals surface area contributed by atoms with E-state index in [1.807, 2.05) is 6.92 Å². The third kappa shape index (κ3) is 4.02. The maximum absolute atomic E-state index is 13.3. The van der Waals surface area contributed by atoms with Crippen LogP contribution >= 0.6 is 0 Å². The van der Waals surface area contributed by atoms with E-state index in [0.717, 1.165) is 0 Å². The second-order valence-corrected chi connectivity index (χ2v) is 4.58. The largest absolute Gasteiger partial charge is 0.478 e. The molecule has 0 atom stereocenters. The van der Waals surface area contributed by atoms with Crippen LogP contribution in [0.4, 0.5) is 4.39 Å². The van der Waals surface area contributed by atoms with Crippen LogP contribution in [-0.2, 0) is 13.2 Å². The Kier molecular flexibility index (Phi) is 5.43. The summed E-state index contributed by atoms with van der Waals surface area (Å²) in [6, 6.07) is 7.60. The normalized spacial score (nSPS) is 10.3. The Bertz CT molecular complexity index is 644. The molecular formula is C16H17FN2O3.